The van der Waals surface area contributed by atoms with Crippen molar-refractivity contribution in [2.75, 3.05) is 0 Å². The summed E-state index contributed by atoms with van der Waals surface area (Å²) in [5.74, 6) is 0. The predicted molar refractivity (Wildman–Crippen MR) is 54.5 cm³/mol. The van der Waals surface area contributed by atoms with E-state index in [0.29, 0.717) is 4.61 Å². The van der Waals surface area contributed by atoms with Crippen molar-refractivity contribution in [1.82, 2.24) is 10.3 Å². The zero-order valence-electron chi connectivity index (χ0n) is 6.55. The maximum atomic E-state index is 3.97. The lowest BCUT2D eigenvalue weighted by Crippen LogP contribution is -2.05. The topological polar surface area (TPSA) is 24.9 Å². The molecule has 0 aromatic carbocycles. The van der Waals surface area contributed by atoms with Crippen LogP contribution in [0.15, 0.2) is 42.3 Å². The summed E-state index contributed by atoms with van der Waals surface area (Å²) in [5.41, 5.74) is 1.74. The van der Waals surface area contributed by atoms with Gasteiger partial charge in [0.15, 0.2) is 0 Å². The Bertz CT molecular complexity index is 293. The Morgan fingerprint density at radius 1 is 1.50 bits per heavy atom. The molecule has 62 valence electrons. The molecule has 0 amide bonds. The minimum absolute atomic E-state index is 0.691. The Balaban J connectivity index is 2.73. The summed E-state index contributed by atoms with van der Waals surface area (Å²) >= 11 is 3.19. The van der Waals surface area contributed by atoms with Gasteiger partial charge in [-0.1, -0.05) is 13.2 Å². The molecule has 2 nitrogen and oxygen atoms in total. The standard InChI is InChI=1S/C9H9BrN2/c1-7(12-8(2)10)9-4-3-5-11-6-9/h3-6,12H,1-2H2. The van der Waals surface area contributed by atoms with E-state index in [1.54, 1.807) is 12.4 Å². The van der Waals surface area contributed by atoms with Gasteiger partial charge in [0.25, 0.3) is 0 Å². The van der Waals surface area contributed by atoms with Crippen molar-refractivity contribution in [3.63, 3.8) is 0 Å². The number of aromatic nitrogens is 1. The second-order valence-electron chi connectivity index (χ2n) is 2.25. The molecule has 1 N–H and O–H groups in total. The number of nitrogens with zero attached hydrogens (tertiary/aromatic N) is 1. The highest BCUT2D eigenvalue weighted by molar-refractivity contribution is 9.11. The van der Waals surface area contributed by atoms with E-state index in [1.807, 2.05) is 12.1 Å². The number of halogens is 1. The van der Waals surface area contributed by atoms with Gasteiger partial charge in [-0.2, -0.15) is 0 Å². The molecule has 0 atom stereocenters. The van der Waals surface area contributed by atoms with Crippen LogP contribution in [-0.2, 0) is 0 Å². The molecule has 0 bridgehead atoms. The number of rotatable bonds is 3. The van der Waals surface area contributed by atoms with Gasteiger partial charge in [-0.05, 0) is 28.1 Å². The summed E-state index contributed by atoms with van der Waals surface area (Å²) in [6, 6.07) is 3.79. The summed E-state index contributed by atoms with van der Waals surface area (Å²) < 4.78 is 0.691. The van der Waals surface area contributed by atoms with E-state index in [9.17, 15) is 0 Å². The third kappa shape index (κ3) is 2.51. The van der Waals surface area contributed by atoms with Crippen molar-refractivity contribution in [3.8, 4) is 0 Å². The van der Waals surface area contributed by atoms with E-state index in [2.05, 4.69) is 39.4 Å². The third-order valence-electron chi connectivity index (χ3n) is 1.30. The lowest BCUT2D eigenvalue weighted by molar-refractivity contribution is 1.19. The molecule has 0 aliphatic rings. The van der Waals surface area contributed by atoms with Crippen molar-refractivity contribution >= 4 is 21.6 Å². The van der Waals surface area contributed by atoms with Crippen LogP contribution in [0.3, 0.4) is 0 Å². The maximum absolute atomic E-state index is 3.97. The van der Waals surface area contributed by atoms with E-state index < -0.39 is 0 Å². The summed E-state index contributed by atoms with van der Waals surface area (Å²) in [6.07, 6.45) is 3.46. The second kappa shape index (κ2) is 4.07. The van der Waals surface area contributed by atoms with Gasteiger partial charge >= 0.3 is 0 Å². The molecule has 1 aromatic rings. The SMILES string of the molecule is C=C(Br)NC(=C)c1cccnc1. The molecule has 1 aromatic heterocycles. The van der Waals surface area contributed by atoms with Gasteiger partial charge in [-0.3, -0.25) is 4.98 Å². The molecule has 0 aliphatic carbocycles. The van der Waals surface area contributed by atoms with E-state index in [1.165, 1.54) is 0 Å². The second-order valence-corrected chi connectivity index (χ2v) is 3.21. The Kier molecular flexibility index (Phi) is 3.05. The molecule has 3 heteroatoms. The number of hydrogen-bond donors (Lipinski definition) is 1. The number of hydrogen-bond acceptors (Lipinski definition) is 2. The third-order valence-corrected chi connectivity index (χ3v) is 1.49. The molecular formula is C9H9BrN2. The summed E-state index contributed by atoms with van der Waals surface area (Å²) in [5, 5.41) is 2.95. The minimum atomic E-state index is 0.691. The molecule has 0 unspecified atom stereocenters. The largest absolute Gasteiger partial charge is 0.350 e. The minimum Gasteiger partial charge on any atom is -0.350 e. The highest BCUT2D eigenvalue weighted by atomic mass is 79.9. The first-order valence-electron chi connectivity index (χ1n) is 3.41. The first-order chi connectivity index (χ1) is 5.70. The number of pyridine rings is 1. The van der Waals surface area contributed by atoms with Crippen molar-refractivity contribution in [2.24, 2.45) is 0 Å². The zero-order valence-corrected chi connectivity index (χ0v) is 8.13. The summed E-state index contributed by atoms with van der Waals surface area (Å²) in [4.78, 5) is 3.97. The monoisotopic (exact) mass is 224 g/mol. The molecule has 0 spiro atoms. The molecule has 0 aliphatic heterocycles. The van der Waals surface area contributed by atoms with Crippen LogP contribution in [0.2, 0.25) is 0 Å². The lowest BCUT2D eigenvalue weighted by atomic mass is 10.2. The van der Waals surface area contributed by atoms with Crippen LogP contribution in [0, 0.1) is 0 Å². The van der Waals surface area contributed by atoms with Crippen LogP contribution >= 0.6 is 15.9 Å². The highest BCUT2D eigenvalue weighted by Crippen LogP contribution is 2.09. The average molecular weight is 225 g/mol. The number of nitrogens with one attached hydrogen (secondary N) is 1. The van der Waals surface area contributed by atoms with E-state index in [-0.39, 0.29) is 0 Å². The zero-order chi connectivity index (χ0) is 8.97. The fourth-order valence-corrected chi connectivity index (χ4v) is 1.02. The Hall–Kier alpha value is -1.09. The van der Waals surface area contributed by atoms with Gasteiger partial charge in [0, 0.05) is 23.7 Å². The Morgan fingerprint density at radius 2 is 2.25 bits per heavy atom. The molecular weight excluding hydrogens is 216 g/mol. The maximum Gasteiger partial charge on any atom is 0.0751 e. The molecule has 0 fully saturated rings. The van der Waals surface area contributed by atoms with Crippen LogP contribution in [0.25, 0.3) is 5.70 Å². The van der Waals surface area contributed by atoms with Gasteiger partial charge in [0.1, 0.15) is 0 Å². The quantitative estimate of drug-likeness (QED) is 0.799. The molecule has 0 radical (unpaired) electrons. The lowest BCUT2D eigenvalue weighted by Gasteiger charge is -2.06. The van der Waals surface area contributed by atoms with Crippen molar-refractivity contribution in [2.45, 2.75) is 0 Å². The van der Waals surface area contributed by atoms with Gasteiger partial charge in [0.2, 0.25) is 0 Å². The first kappa shape index (κ1) is 9.00. The van der Waals surface area contributed by atoms with Gasteiger partial charge in [0.05, 0.1) is 4.61 Å². The average Bonchev–Trinajstić information content (AvgIpc) is 2.05. The van der Waals surface area contributed by atoms with Crippen molar-refractivity contribution < 1.29 is 0 Å². The van der Waals surface area contributed by atoms with Crippen molar-refractivity contribution in [3.05, 3.63) is 47.9 Å². The van der Waals surface area contributed by atoms with Crippen molar-refractivity contribution in [1.29, 1.82) is 0 Å². The van der Waals surface area contributed by atoms with Gasteiger partial charge in [-0.25, -0.2) is 0 Å². The fraction of sp³-hybridized carbons (Fsp3) is 0. The van der Waals surface area contributed by atoms with Crippen LogP contribution in [0.4, 0.5) is 0 Å². The summed E-state index contributed by atoms with van der Waals surface area (Å²) in [7, 11) is 0. The first-order valence-corrected chi connectivity index (χ1v) is 4.20. The van der Waals surface area contributed by atoms with Gasteiger partial charge < -0.3 is 5.32 Å². The predicted octanol–water partition coefficient (Wildman–Crippen LogP) is 2.51. The molecule has 1 heterocycles. The van der Waals surface area contributed by atoms with Crippen LogP contribution in [0.5, 0.6) is 0 Å². The normalized spacial score (nSPS) is 9.08. The Morgan fingerprint density at radius 3 is 2.75 bits per heavy atom. The highest BCUT2D eigenvalue weighted by Gasteiger charge is 1.96. The van der Waals surface area contributed by atoms with Gasteiger partial charge in [-0.15, -0.1) is 0 Å². The van der Waals surface area contributed by atoms with E-state index >= 15 is 0 Å². The molecule has 12 heavy (non-hydrogen) atoms. The Labute approximate surface area is 80.1 Å². The van der Waals surface area contributed by atoms with Crippen LogP contribution in [0.1, 0.15) is 5.56 Å². The smallest absolute Gasteiger partial charge is 0.0751 e. The molecule has 0 saturated carbocycles. The molecule has 1 rings (SSSR count). The van der Waals surface area contributed by atoms with Crippen LogP contribution < -0.4 is 5.32 Å². The van der Waals surface area contributed by atoms with E-state index in [4.69, 9.17) is 0 Å². The van der Waals surface area contributed by atoms with E-state index in [0.717, 1.165) is 11.3 Å². The summed E-state index contributed by atoms with van der Waals surface area (Å²) in [6.45, 7) is 7.47. The fourth-order valence-electron chi connectivity index (χ4n) is 0.777. The molecule has 0 saturated heterocycles. The van der Waals surface area contributed by atoms with Crippen LogP contribution in [-0.4, -0.2) is 4.98 Å².